The monoisotopic (exact) mass is 371 g/mol. The van der Waals surface area contributed by atoms with Crippen molar-refractivity contribution in [3.05, 3.63) is 40.4 Å². The van der Waals surface area contributed by atoms with E-state index in [2.05, 4.69) is 15.9 Å². The molecule has 1 aromatic rings. The Morgan fingerprint density at radius 3 is 1.95 bits per heavy atom. The first-order valence-corrected chi connectivity index (χ1v) is 7.25. The highest BCUT2D eigenvalue weighted by atomic mass is 79.9. The van der Waals surface area contributed by atoms with E-state index >= 15 is 0 Å². The van der Waals surface area contributed by atoms with Crippen molar-refractivity contribution in [2.75, 3.05) is 14.1 Å². The summed E-state index contributed by atoms with van der Waals surface area (Å²) in [5, 5.41) is 0.742. The summed E-state index contributed by atoms with van der Waals surface area (Å²) in [7, 11) is -1.02. The zero-order valence-corrected chi connectivity index (χ0v) is 13.3. The van der Waals surface area contributed by atoms with Crippen molar-refractivity contribution in [2.45, 2.75) is 0 Å². The molecule has 0 aliphatic heterocycles. The summed E-state index contributed by atoms with van der Waals surface area (Å²) in [6.45, 7) is 0. The van der Waals surface area contributed by atoms with E-state index in [4.69, 9.17) is 30.2 Å². The predicted octanol–water partition coefficient (Wildman–Crippen LogP) is -1.38. The summed E-state index contributed by atoms with van der Waals surface area (Å²) in [6, 6.07) is 7.90. The van der Waals surface area contributed by atoms with Gasteiger partial charge in [-0.3, -0.25) is 0 Å². The molecule has 0 aliphatic carbocycles. The van der Waals surface area contributed by atoms with Crippen molar-refractivity contribution in [3.63, 3.8) is 0 Å². The topological polar surface area (TPSA) is 95.2 Å². The molecule has 1 aromatic carbocycles. The zero-order chi connectivity index (χ0) is 15.1. The van der Waals surface area contributed by atoms with E-state index in [0.29, 0.717) is 0 Å². The zero-order valence-electron chi connectivity index (χ0n) is 10.2. The van der Waals surface area contributed by atoms with Gasteiger partial charge in [-0.15, -0.1) is 10.2 Å². The van der Waals surface area contributed by atoms with Crippen LogP contribution in [0, 0.1) is 10.2 Å². The number of hydrogen-bond donors (Lipinski definition) is 0. The standard InChI is InChI=1S/C11H12BrClN.ClHO4/c1-14(2)8-7-11(13)9-3-5-10(12)6-4-9;2-1(3,4)5/h3-8H,1-2H3;(H,2,3,4,5)/q+1;/p-1/b11-7-;. The lowest BCUT2D eigenvalue weighted by molar-refractivity contribution is -2.00. The van der Waals surface area contributed by atoms with Crippen LogP contribution in [0.2, 0.25) is 0 Å². The van der Waals surface area contributed by atoms with Crippen molar-refractivity contribution in [3.8, 4) is 0 Å². The van der Waals surface area contributed by atoms with Gasteiger partial charge < -0.3 is 0 Å². The molecule has 5 nitrogen and oxygen atoms in total. The third-order valence-corrected chi connectivity index (χ3v) is 2.51. The van der Waals surface area contributed by atoms with Gasteiger partial charge in [0.15, 0.2) is 6.21 Å². The molecule has 0 atom stereocenters. The molecular formula is C11H12BrCl2NO4. The fourth-order valence-electron chi connectivity index (χ4n) is 0.920. The quantitative estimate of drug-likeness (QED) is 0.472. The van der Waals surface area contributed by atoms with E-state index in [0.717, 1.165) is 15.1 Å². The van der Waals surface area contributed by atoms with Crippen LogP contribution in [-0.4, -0.2) is 24.9 Å². The lowest BCUT2D eigenvalue weighted by atomic mass is 10.2. The summed E-state index contributed by atoms with van der Waals surface area (Å²) < 4.78 is 37.0. The highest BCUT2D eigenvalue weighted by Crippen LogP contribution is 2.20. The molecule has 0 spiro atoms. The number of hydrogen-bond acceptors (Lipinski definition) is 4. The first-order valence-electron chi connectivity index (χ1n) is 4.84. The minimum atomic E-state index is -4.94. The van der Waals surface area contributed by atoms with E-state index in [9.17, 15) is 0 Å². The van der Waals surface area contributed by atoms with Gasteiger partial charge in [0.25, 0.3) is 0 Å². The maximum atomic E-state index is 8.49. The maximum absolute atomic E-state index is 8.49. The molecule has 0 bridgehead atoms. The minimum Gasteiger partial charge on any atom is -0.241 e. The van der Waals surface area contributed by atoms with Crippen LogP contribution >= 0.6 is 27.5 Å². The van der Waals surface area contributed by atoms with Gasteiger partial charge in [0.1, 0.15) is 14.1 Å². The van der Waals surface area contributed by atoms with E-state index in [-0.39, 0.29) is 0 Å². The molecule has 106 valence electrons. The van der Waals surface area contributed by atoms with Crippen molar-refractivity contribution >= 4 is 38.8 Å². The Balaban J connectivity index is 0.000000555. The Bertz CT molecular complexity index is 445. The third kappa shape index (κ3) is 12.3. The second-order valence-corrected chi connectivity index (χ2v) is 5.59. The average Bonchev–Trinajstić information content (AvgIpc) is 2.24. The number of rotatable bonds is 2. The largest absolute Gasteiger partial charge is 0.241 e. The van der Waals surface area contributed by atoms with Gasteiger partial charge >= 0.3 is 0 Å². The van der Waals surface area contributed by atoms with Crippen molar-refractivity contribution in [1.29, 1.82) is 0 Å². The summed E-state index contributed by atoms with van der Waals surface area (Å²) in [4.78, 5) is 0. The summed E-state index contributed by atoms with van der Waals surface area (Å²) in [5.41, 5.74) is 1.02. The lowest BCUT2D eigenvalue weighted by Gasteiger charge is -2.17. The molecule has 0 fully saturated rings. The number of halogens is 3. The molecule has 0 heterocycles. The molecule has 0 aliphatic rings. The summed E-state index contributed by atoms with van der Waals surface area (Å²) >= 11 is 9.47. The molecule has 1 rings (SSSR count). The summed E-state index contributed by atoms with van der Waals surface area (Å²) in [5.74, 6) is 0. The highest BCUT2D eigenvalue weighted by molar-refractivity contribution is 9.10. The van der Waals surface area contributed by atoms with Crippen molar-refractivity contribution in [1.82, 2.24) is 0 Å². The Morgan fingerprint density at radius 2 is 1.58 bits per heavy atom. The van der Waals surface area contributed by atoms with E-state index in [1.54, 1.807) is 0 Å². The second kappa shape index (κ2) is 8.65. The van der Waals surface area contributed by atoms with Crippen molar-refractivity contribution in [2.24, 2.45) is 0 Å². The Kier molecular flexibility index (Phi) is 8.44. The van der Waals surface area contributed by atoms with Crippen LogP contribution < -0.4 is 18.6 Å². The SMILES string of the molecule is C[N+](C)=C/C=C(\Cl)c1ccc(Br)cc1.[O-][Cl+3]([O-])([O-])[O-]. The number of nitrogens with zero attached hydrogens (tertiary/aromatic N) is 1. The molecule has 0 N–H and O–H groups in total. The Hall–Kier alpha value is -0.470. The van der Waals surface area contributed by atoms with Crippen molar-refractivity contribution < 1.29 is 33.5 Å². The number of allylic oxidation sites excluding steroid dienone is 1. The van der Waals surface area contributed by atoms with E-state index < -0.39 is 10.2 Å². The lowest BCUT2D eigenvalue weighted by Crippen LogP contribution is -2.68. The fourth-order valence-corrected chi connectivity index (χ4v) is 1.37. The third-order valence-electron chi connectivity index (χ3n) is 1.64. The van der Waals surface area contributed by atoms with Gasteiger partial charge in [0, 0.05) is 10.5 Å². The van der Waals surface area contributed by atoms with Gasteiger partial charge in [-0.2, -0.15) is 0 Å². The number of benzene rings is 1. The first-order chi connectivity index (χ1) is 8.59. The normalized spacial score (nSPS) is 11.5. The second-order valence-electron chi connectivity index (χ2n) is 3.51. The van der Waals surface area contributed by atoms with Crippen LogP contribution in [0.1, 0.15) is 5.56 Å². The molecular weight excluding hydrogens is 361 g/mol. The fraction of sp³-hybridized carbons (Fsp3) is 0.182. The first kappa shape index (κ1) is 18.5. The van der Waals surface area contributed by atoms with Gasteiger partial charge in [0.05, 0.1) is 5.03 Å². The van der Waals surface area contributed by atoms with Crippen LogP contribution in [0.15, 0.2) is 34.8 Å². The van der Waals surface area contributed by atoms with Crippen LogP contribution in [0.25, 0.3) is 5.03 Å². The Labute approximate surface area is 126 Å². The van der Waals surface area contributed by atoms with Crippen LogP contribution in [0.3, 0.4) is 0 Å². The minimum absolute atomic E-state index is 0.742. The molecule has 0 unspecified atom stereocenters. The van der Waals surface area contributed by atoms with Gasteiger partial charge in [-0.05, 0) is 17.7 Å². The molecule has 0 saturated carbocycles. The molecule has 0 saturated heterocycles. The molecule has 0 aromatic heterocycles. The maximum Gasteiger partial charge on any atom is 0.164 e. The Morgan fingerprint density at radius 1 is 1.16 bits per heavy atom. The van der Waals surface area contributed by atoms with Gasteiger partial charge in [-0.25, -0.2) is 23.2 Å². The molecule has 0 radical (unpaired) electrons. The molecule has 8 heteroatoms. The molecule has 19 heavy (non-hydrogen) atoms. The average molecular weight is 373 g/mol. The van der Waals surface area contributed by atoms with Gasteiger partial charge in [0.2, 0.25) is 0 Å². The smallest absolute Gasteiger partial charge is 0.164 e. The summed E-state index contributed by atoms with van der Waals surface area (Å²) in [6.07, 6.45) is 3.80. The van der Waals surface area contributed by atoms with Crippen LogP contribution in [0.4, 0.5) is 0 Å². The molecule has 0 amide bonds. The highest BCUT2D eigenvalue weighted by Gasteiger charge is 1.97. The predicted molar refractivity (Wildman–Crippen MR) is 66.1 cm³/mol. The van der Waals surface area contributed by atoms with Gasteiger partial charge in [-0.1, -0.05) is 39.7 Å². The van der Waals surface area contributed by atoms with E-state index in [1.807, 2.05) is 55.2 Å². The van der Waals surface area contributed by atoms with E-state index in [1.165, 1.54) is 0 Å². The van der Waals surface area contributed by atoms with Crippen LogP contribution in [0.5, 0.6) is 0 Å². The van der Waals surface area contributed by atoms with Crippen LogP contribution in [-0.2, 0) is 0 Å².